The Hall–Kier alpha value is -1.95. The molecule has 1 aliphatic carbocycles. The quantitative estimate of drug-likeness (QED) is 0.865. The van der Waals surface area contributed by atoms with Crippen LogP contribution in [0, 0.1) is 5.82 Å². The van der Waals surface area contributed by atoms with E-state index in [4.69, 9.17) is 0 Å². The van der Waals surface area contributed by atoms with Crippen LogP contribution < -0.4 is 5.69 Å². The van der Waals surface area contributed by atoms with Crippen LogP contribution in [-0.2, 0) is 13.6 Å². The zero-order chi connectivity index (χ0) is 16.7. The highest BCUT2D eigenvalue weighted by Gasteiger charge is 2.33. The van der Waals surface area contributed by atoms with Gasteiger partial charge >= 0.3 is 5.69 Å². The maximum absolute atomic E-state index is 13.3. The molecular weight excluding hydrogens is 307 g/mol. The molecule has 2 fully saturated rings. The molecule has 0 amide bonds. The number of nitrogens with zero attached hydrogens (tertiary/aromatic N) is 4. The summed E-state index contributed by atoms with van der Waals surface area (Å²) in [5.74, 6) is 1.27. The van der Waals surface area contributed by atoms with Gasteiger partial charge in [-0.1, -0.05) is 12.1 Å². The molecule has 0 atom stereocenters. The SMILES string of the molecule is Cn1nc(C2CC2)n(C2CCN(Cc3cccc(F)c3)CC2)c1=O. The highest BCUT2D eigenvalue weighted by atomic mass is 19.1. The summed E-state index contributed by atoms with van der Waals surface area (Å²) in [6, 6.07) is 7.04. The average Bonchev–Trinajstić information content (AvgIpc) is 3.36. The molecule has 1 aromatic heterocycles. The Morgan fingerprint density at radius 2 is 1.96 bits per heavy atom. The van der Waals surface area contributed by atoms with Crippen molar-refractivity contribution in [3.63, 3.8) is 0 Å². The molecule has 4 rings (SSSR count). The number of aromatic nitrogens is 3. The zero-order valence-electron chi connectivity index (χ0n) is 14.0. The largest absolute Gasteiger partial charge is 0.345 e. The molecule has 1 saturated carbocycles. The van der Waals surface area contributed by atoms with Gasteiger partial charge in [-0.3, -0.25) is 9.47 Å². The summed E-state index contributed by atoms with van der Waals surface area (Å²) in [5.41, 5.74) is 1.02. The summed E-state index contributed by atoms with van der Waals surface area (Å²) < 4.78 is 16.7. The van der Waals surface area contributed by atoms with Crippen molar-refractivity contribution in [2.75, 3.05) is 13.1 Å². The molecule has 0 unspecified atom stereocenters. The topological polar surface area (TPSA) is 43.1 Å². The molecule has 1 aromatic carbocycles. The molecule has 0 N–H and O–H groups in total. The van der Waals surface area contributed by atoms with Crippen molar-refractivity contribution in [1.82, 2.24) is 19.2 Å². The van der Waals surface area contributed by atoms with Crippen molar-refractivity contribution in [3.05, 3.63) is 52.0 Å². The van der Waals surface area contributed by atoms with Gasteiger partial charge in [0, 0.05) is 38.6 Å². The van der Waals surface area contributed by atoms with Crippen LogP contribution >= 0.6 is 0 Å². The van der Waals surface area contributed by atoms with Gasteiger partial charge in [0.1, 0.15) is 11.6 Å². The molecule has 2 heterocycles. The number of rotatable bonds is 4. The predicted molar refractivity (Wildman–Crippen MR) is 89.4 cm³/mol. The van der Waals surface area contributed by atoms with Gasteiger partial charge in [-0.2, -0.15) is 5.10 Å². The highest BCUT2D eigenvalue weighted by molar-refractivity contribution is 5.16. The van der Waals surface area contributed by atoms with Gasteiger partial charge < -0.3 is 0 Å². The van der Waals surface area contributed by atoms with E-state index in [-0.39, 0.29) is 17.5 Å². The molecule has 1 saturated heterocycles. The van der Waals surface area contributed by atoms with Crippen molar-refractivity contribution < 1.29 is 4.39 Å². The molecule has 0 spiro atoms. The smallest absolute Gasteiger partial charge is 0.299 e. The van der Waals surface area contributed by atoms with E-state index in [9.17, 15) is 9.18 Å². The number of aryl methyl sites for hydroxylation is 1. The highest BCUT2D eigenvalue weighted by Crippen LogP contribution is 2.40. The first-order chi connectivity index (χ1) is 11.6. The normalized spacial score (nSPS) is 19.8. The van der Waals surface area contributed by atoms with E-state index in [1.54, 1.807) is 19.2 Å². The lowest BCUT2D eigenvalue weighted by Gasteiger charge is -2.32. The number of halogens is 1. The second-order valence-electron chi connectivity index (χ2n) is 7.05. The lowest BCUT2D eigenvalue weighted by atomic mass is 10.0. The zero-order valence-corrected chi connectivity index (χ0v) is 14.0. The van der Waals surface area contributed by atoms with Gasteiger partial charge in [-0.15, -0.1) is 0 Å². The Kier molecular flexibility index (Phi) is 4.00. The number of hydrogen-bond donors (Lipinski definition) is 0. The number of piperidine rings is 1. The van der Waals surface area contributed by atoms with Crippen LogP contribution in [0.5, 0.6) is 0 Å². The maximum Gasteiger partial charge on any atom is 0.345 e. The molecule has 6 heteroatoms. The average molecular weight is 330 g/mol. The molecule has 0 bridgehead atoms. The summed E-state index contributed by atoms with van der Waals surface area (Å²) in [6.07, 6.45) is 4.19. The Balaban J connectivity index is 1.44. The van der Waals surface area contributed by atoms with Crippen LogP contribution in [0.15, 0.2) is 29.1 Å². The molecule has 2 aliphatic rings. The van der Waals surface area contributed by atoms with E-state index in [2.05, 4.69) is 10.00 Å². The van der Waals surface area contributed by atoms with Crippen molar-refractivity contribution in [2.45, 2.75) is 44.2 Å². The van der Waals surface area contributed by atoms with E-state index >= 15 is 0 Å². The predicted octanol–water partition coefficient (Wildman–Crippen LogP) is 2.44. The van der Waals surface area contributed by atoms with Crippen LogP contribution in [0.1, 0.15) is 49.0 Å². The molecule has 24 heavy (non-hydrogen) atoms. The Labute approximate surface area is 140 Å². The van der Waals surface area contributed by atoms with E-state index < -0.39 is 0 Å². The number of benzene rings is 1. The van der Waals surface area contributed by atoms with Gasteiger partial charge in [0.2, 0.25) is 0 Å². The van der Waals surface area contributed by atoms with E-state index in [0.717, 1.165) is 56.7 Å². The minimum Gasteiger partial charge on any atom is -0.299 e. The third-order valence-corrected chi connectivity index (χ3v) is 5.14. The summed E-state index contributed by atoms with van der Waals surface area (Å²) >= 11 is 0. The molecule has 2 aromatic rings. The van der Waals surface area contributed by atoms with Gasteiger partial charge in [0.25, 0.3) is 0 Å². The summed E-state index contributed by atoms with van der Waals surface area (Å²) in [7, 11) is 1.74. The number of hydrogen-bond acceptors (Lipinski definition) is 3. The van der Waals surface area contributed by atoms with Crippen LogP contribution in [0.25, 0.3) is 0 Å². The fraction of sp³-hybridized carbons (Fsp3) is 0.556. The second-order valence-corrected chi connectivity index (χ2v) is 7.05. The van der Waals surface area contributed by atoms with Crippen LogP contribution in [0.2, 0.25) is 0 Å². The Bertz CT molecular complexity index is 785. The lowest BCUT2D eigenvalue weighted by Crippen LogP contribution is -2.37. The van der Waals surface area contributed by atoms with E-state index in [1.165, 1.54) is 10.7 Å². The van der Waals surface area contributed by atoms with Gasteiger partial charge in [0.15, 0.2) is 0 Å². The molecule has 128 valence electrons. The number of likely N-dealkylation sites (tertiary alicyclic amines) is 1. The summed E-state index contributed by atoms with van der Waals surface area (Å²) in [4.78, 5) is 14.8. The first-order valence-electron chi connectivity index (χ1n) is 8.74. The van der Waals surface area contributed by atoms with E-state index in [1.807, 2.05) is 10.6 Å². The van der Waals surface area contributed by atoms with E-state index in [0.29, 0.717) is 5.92 Å². The fourth-order valence-corrected chi connectivity index (χ4v) is 3.69. The first-order valence-corrected chi connectivity index (χ1v) is 8.74. The van der Waals surface area contributed by atoms with Gasteiger partial charge in [-0.05, 0) is 43.4 Å². The Morgan fingerprint density at radius 3 is 2.62 bits per heavy atom. The fourth-order valence-electron chi connectivity index (χ4n) is 3.69. The third kappa shape index (κ3) is 3.02. The van der Waals surface area contributed by atoms with Crippen molar-refractivity contribution in [2.24, 2.45) is 7.05 Å². The molecule has 0 radical (unpaired) electrons. The van der Waals surface area contributed by atoms with Crippen LogP contribution in [0.4, 0.5) is 4.39 Å². The second kappa shape index (κ2) is 6.16. The van der Waals surface area contributed by atoms with Crippen molar-refractivity contribution >= 4 is 0 Å². The van der Waals surface area contributed by atoms with Crippen molar-refractivity contribution in [3.8, 4) is 0 Å². The third-order valence-electron chi connectivity index (χ3n) is 5.14. The van der Waals surface area contributed by atoms with Crippen molar-refractivity contribution in [1.29, 1.82) is 0 Å². The minimum absolute atomic E-state index is 0.0143. The standard InChI is InChI=1S/C18H23FN4O/c1-21-18(24)23(17(20-21)14-5-6-14)16-7-9-22(10-8-16)12-13-3-2-4-15(19)11-13/h2-4,11,14,16H,5-10,12H2,1H3. The van der Waals surface area contributed by atoms with Gasteiger partial charge in [0.05, 0.1) is 0 Å². The van der Waals surface area contributed by atoms with Crippen LogP contribution in [0.3, 0.4) is 0 Å². The molecular formula is C18H23FN4O. The lowest BCUT2D eigenvalue weighted by molar-refractivity contribution is 0.176. The molecule has 5 nitrogen and oxygen atoms in total. The first kappa shape index (κ1) is 15.6. The maximum atomic E-state index is 13.3. The summed E-state index contributed by atoms with van der Waals surface area (Å²) in [6.45, 7) is 2.61. The molecule has 1 aliphatic heterocycles. The summed E-state index contributed by atoms with van der Waals surface area (Å²) in [5, 5.41) is 4.46. The Morgan fingerprint density at radius 1 is 1.21 bits per heavy atom. The minimum atomic E-state index is -0.182. The monoisotopic (exact) mass is 330 g/mol. The van der Waals surface area contributed by atoms with Crippen LogP contribution in [-0.4, -0.2) is 32.3 Å². The van der Waals surface area contributed by atoms with Gasteiger partial charge in [-0.25, -0.2) is 13.9 Å².